The van der Waals surface area contributed by atoms with E-state index in [1.807, 2.05) is 24.3 Å². The number of nitrogens with two attached hydrogens (primary N) is 1. The fourth-order valence-electron chi connectivity index (χ4n) is 1.39. The van der Waals surface area contributed by atoms with Crippen LogP contribution in [0.3, 0.4) is 0 Å². The van der Waals surface area contributed by atoms with Crippen molar-refractivity contribution in [2.75, 3.05) is 11.1 Å². The Balaban J connectivity index is 2.11. The first-order valence-electron chi connectivity index (χ1n) is 5.08. The van der Waals surface area contributed by atoms with Crippen molar-refractivity contribution in [3.05, 3.63) is 42.2 Å². The van der Waals surface area contributed by atoms with Crippen LogP contribution < -0.4 is 11.1 Å². The Morgan fingerprint density at radius 3 is 2.65 bits per heavy atom. The van der Waals surface area contributed by atoms with Crippen LogP contribution in [0.5, 0.6) is 0 Å². The van der Waals surface area contributed by atoms with E-state index in [1.54, 1.807) is 6.07 Å². The average Bonchev–Trinajstić information content (AvgIpc) is 2.32. The summed E-state index contributed by atoms with van der Waals surface area (Å²) in [7, 11) is 0. The van der Waals surface area contributed by atoms with Gasteiger partial charge in [0, 0.05) is 11.8 Å². The summed E-state index contributed by atoms with van der Waals surface area (Å²) in [6.45, 7) is 0. The molecule has 1 aromatic heterocycles. The molecular formula is C12H11N5. The second kappa shape index (κ2) is 4.94. The molecule has 1 aromatic carbocycles. The van der Waals surface area contributed by atoms with Crippen LogP contribution in [-0.4, -0.2) is 9.97 Å². The summed E-state index contributed by atoms with van der Waals surface area (Å²) in [4.78, 5) is 7.85. The third kappa shape index (κ3) is 2.92. The molecule has 0 aliphatic carbocycles. The number of rotatable bonds is 3. The summed E-state index contributed by atoms with van der Waals surface area (Å²) in [5.74, 6) is 1.06. The molecule has 0 unspecified atom stereocenters. The predicted molar refractivity (Wildman–Crippen MR) is 65.5 cm³/mol. The van der Waals surface area contributed by atoms with Crippen molar-refractivity contribution in [2.45, 2.75) is 6.42 Å². The summed E-state index contributed by atoms with van der Waals surface area (Å²) in [5.41, 5.74) is 7.43. The van der Waals surface area contributed by atoms with Gasteiger partial charge in [-0.2, -0.15) is 5.26 Å². The number of aromatic nitrogens is 2. The van der Waals surface area contributed by atoms with E-state index in [1.165, 1.54) is 6.33 Å². The molecule has 0 aliphatic heterocycles. The van der Waals surface area contributed by atoms with Gasteiger partial charge >= 0.3 is 0 Å². The highest BCUT2D eigenvalue weighted by molar-refractivity contribution is 5.58. The van der Waals surface area contributed by atoms with Gasteiger partial charge in [0.15, 0.2) is 0 Å². The van der Waals surface area contributed by atoms with Gasteiger partial charge in [-0.25, -0.2) is 9.97 Å². The lowest BCUT2D eigenvalue weighted by Gasteiger charge is -2.05. The molecular weight excluding hydrogens is 214 g/mol. The van der Waals surface area contributed by atoms with Gasteiger partial charge in [-0.05, 0) is 17.7 Å². The number of hydrogen-bond donors (Lipinski definition) is 2. The van der Waals surface area contributed by atoms with Crippen molar-refractivity contribution >= 4 is 17.3 Å². The van der Waals surface area contributed by atoms with Crippen LogP contribution in [0.15, 0.2) is 36.7 Å². The van der Waals surface area contributed by atoms with Crippen LogP contribution in [-0.2, 0) is 6.42 Å². The normalized spacial score (nSPS) is 9.59. The van der Waals surface area contributed by atoms with Gasteiger partial charge < -0.3 is 11.1 Å². The van der Waals surface area contributed by atoms with Gasteiger partial charge in [-0.3, -0.25) is 0 Å². The molecule has 0 saturated heterocycles. The Morgan fingerprint density at radius 2 is 2.00 bits per heavy atom. The first-order chi connectivity index (χ1) is 8.28. The molecule has 5 nitrogen and oxygen atoms in total. The molecule has 0 atom stereocenters. The lowest BCUT2D eigenvalue weighted by atomic mass is 10.1. The zero-order valence-electron chi connectivity index (χ0n) is 9.09. The Bertz CT molecular complexity index is 542. The highest BCUT2D eigenvalue weighted by Gasteiger charge is 1.97. The van der Waals surface area contributed by atoms with E-state index in [2.05, 4.69) is 21.4 Å². The second-order valence-corrected chi connectivity index (χ2v) is 3.48. The van der Waals surface area contributed by atoms with E-state index < -0.39 is 0 Å². The van der Waals surface area contributed by atoms with Gasteiger partial charge in [-0.1, -0.05) is 12.1 Å². The lowest BCUT2D eigenvalue weighted by molar-refractivity contribution is 1.17. The van der Waals surface area contributed by atoms with Crippen molar-refractivity contribution in [1.29, 1.82) is 5.26 Å². The highest BCUT2D eigenvalue weighted by atomic mass is 15.0. The number of nitriles is 1. The smallest absolute Gasteiger partial charge is 0.135 e. The molecule has 84 valence electrons. The number of hydrogen-bond acceptors (Lipinski definition) is 5. The number of nitrogen functional groups attached to an aromatic ring is 1. The number of anilines is 3. The monoisotopic (exact) mass is 225 g/mol. The maximum absolute atomic E-state index is 8.56. The third-order valence-corrected chi connectivity index (χ3v) is 2.20. The Kier molecular flexibility index (Phi) is 3.17. The van der Waals surface area contributed by atoms with Crippen LogP contribution >= 0.6 is 0 Å². The molecule has 0 spiro atoms. The Hall–Kier alpha value is -2.61. The zero-order chi connectivity index (χ0) is 12.1. The fraction of sp³-hybridized carbons (Fsp3) is 0.0833. The van der Waals surface area contributed by atoms with Gasteiger partial charge in [0.1, 0.15) is 18.0 Å². The summed E-state index contributed by atoms with van der Waals surface area (Å²) in [5, 5.41) is 11.7. The summed E-state index contributed by atoms with van der Waals surface area (Å²) in [6, 6.07) is 11.3. The summed E-state index contributed by atoms with van der Waals surface area (Å²) in [6.07, 6.45) is 1.82. The van der Waals surface area contributed by atoms with Crippen molar-refractivity contribution in [3.8, 4) is 6.07 Å². The van der Waals surface area contributed by atoms with Crippen LogP contribution in [0.1, 0.15) is 5.56 Å². The molecule has 1 heterocycles. The highest BCUT2D eigenvalue weighted by Crippen LogP contribution is 2.15. The minimum absolute atomic E-state index is 0.417. The van der Waals surface area contributed by atoms with Crippen LogP contribution in [0.25, 0.3) is 0 Å². The van der Waals surface area contributed by atoms with Crippen LogP contribution in [0, 0.1) is 11.3 Å². The van der Waals surface area contributed by atoms with Gasteiger partial charge in [-0.15, -0.1) is 0 Å². The molecule has 0 fully saturated rings. The third-order valence-electron chi connectivity index (χ3n) is 2.20. The standard InChI is InChI=1S/C12H11N5/c13-6-5-9-1-3-10(4-2-9)17-12-7-11(14)15-8-16-12/h1-4,7-8H,5H2,(H3,14,15,16,17). The maximum Gasteiger partial charge on any atom is 0.135 e. The predicted octanol–water partition coefficient (Wildman–Crippen LogP) is 1.87. The van der Waals surface area contributed by atoms with E-state index in [9.17, 15) is 0 Å². The van der Waals surface area contributed by atoms with Crippen molar-refractivity contribution in [3.63, 3.8) is 0 Å². The van der Waals surface area contributed by atoms with Crippen molar-refractivity contribution in [1.82, 2.24) is 9.97 Å². The molecule has 0 bridgehead atoms. The van der Waals surface area contributed by atoms with Crippen molar-refractivity contribution < 1.29 is 0 Å². The molecule has 17 heavy (non-hydrogen) atoms. The van der Waals surface area contributed by atoms with Crippen molar-refractivity contribution in [2.24, 2.45) is 0 Å². The topological polar surface area (TPSA) is 87.6 Å². The van der Waals surface area contributed by atoms with Gasteiger partial charge in [0.05, 0.1) is 12.5 Å². The number of benzene rings is 1. The molecule has 3 N–H and O–H groups in total. The Morgan fingerprint density at radius 1 is 1.24 bits per heavy atom. The van der Waals surface area contributed by atoms with E-state index in [4.69, 9.17) is 11.0 Å². The largest absolute Gasteiger partial charge is 0.384 e. The van der Waals surface area contributed by atoms with Crippen LogP contribution in [0.4, 0.5) is 17.3 Å². The summed E-state index contributed by atoms with van der Waals surface area (Å²) >= 11 is 0. The second-order valence-electron chi connectivity index (χ2n) is 3.48. The first kappa shape index (κ1) is 10.9. The Labute approximate surface area is 98.9 Å². The average molecular weight is 225 g/mol. The maximum atomic E-state index is 8.56. The zero-order valence-corrected chi connectivity index (χ0v) is 9.09. The summed E-state index contributed by atoms with van der Waals surface area (Å²) < 4.78 is 0. The minimum atomic E-state index is 0.417. The van der Waals surface area contributed by atoms with Gasteiger partial charge in [0.2, 0.25) is 0 Å². The number of nitrogens with one attached hydrogen (secondary N) is 1. The molecule has 0 radical (unpaired) electrons. The molecule has 0 aliphatic rings. The molecule has 2 rings (SSSR count). The SMILES string of the molecule is N#CCc1ccc(Nc2cc(N)ncn2)cc1. The van der Waals surface area contributed by atoms with Crippen LogP contribution in [0.2, 0.25) is 0 Å². The van der Waals surface area contributed by atoms with E-state index in [0.29, 0.717) is 18.1 Å². The van der Waals surface area contributed by atoms with E-state index in [0.717, 1.165) is 11.3 Å². The molecule has 0 saturated carbocycles. The minimum Gasteiger partial charge on any atom is -0.384 e. The molecule has 5 heteroatoms. The van der Waals surface area contributed by atoms with E-state index in [-0.39, 0.29) is 0 Å². The van der Waals surface area contributed by atoms with E-state index >= 15 is 0 Å². The van der Waals surface area contributed by atoms with Gasteiger partial charge in [0.25, 0.3) is 0 Å². The molecule has 0 amide bonds. The molecule has 2 aromatic rings. The number of nitrogens with zero attached hydrogens (tertiary/aromatic N) is 3. The first-order valence-corrected chi connectivity index (χ1v) is 5.08. The lowest BCUT2D eigenvalue weighted by Crippen LogP contribution is -1.97. The quantitative estimate of drug-likeness (QED) is 0.832. The fourth-order valence-corrected chi connectivity index (χ4v) is 1.39.